The van der Waals surface area contributed by atoms with Crippen molar-refractivity contribution in [2.45, 2.75) is 43.6 Å². The van der Waals surface area contributed by atoms with Crippen LogP contribution >= 0.6 is 0 Å². The van der Waals surface area contributed by atoms with Crippen LogP contribution in [-0.4, -0.2) is 39.9 Å². The van der Waals surface area contributed by atoms with Gasteiger partial charge in [0.15, 0.2) is 0 Å². The summed E-state index contributed by atoms with van der Waals surface area (Å²) < 4.78 is 32.4. The molecule has 0 radical (unpaired) electrons. The van der Waals surface area contributed by atoms with Gasteiger partial charge in [-0.1, -0.05) is 41.6 Å². The molecule has 40 heavy (non-hydrogen) atoms. The number of nitrogens with zero attached hydrogens (tertiary/aromatic N) is 3. The quantitative estimate of drug-likeness (QED) is 0.357. The number of carbonyl (C=O) groups is 2. The highest BCUT2D eigenvalue weighted by Crippen LogP contribution is 2.47. The van der Waals surface area contributed by atoms with Crippen LogP contribution in [0.4, 0.5) is 8.78 Å². The number of nitrogens with one attached hydrogen (secondary N) is 1. The summed E-state index contributed by atoms with van der Waals surface area (Å²) >= 11 is 0. The van der Waals surface area contributed by atoms with Crippen molar-refractivity contribution in [2.75, 3.05) is 13.1 Å². The van der Waals surface area contributed by atoms with E-state index < -0.39 is 11.0 Å². The Hall–Kier alpha value is -4.40. The Balaban J connectivity index is 1.21. The van der Waals surface area contributed by atoms with Crippen LogP contribution in [0.15, 0.2) is 77.3 Å². The summed E-state index contributed by atoms with van der Waals surface area (Å²) in [5.74, 6) is -0.0793. The summed E-state index contributed by atoms with van der Waals surface area (Å²) in [6.07, 6.45) is 2.29. The van der Waals surface area contributed by atoms with E-state index in [9.17, 15) is 18.4 Å². The summed E-state index contributed by atoms with van der Waals surface area (Å²) in [7, 11) is 0. The second-order valence-corrected chi connectivity index (χ2v) is 10.6. The third-order valence-corrected chi connectivity index (χ3v) is 8.15. The van der Waals surface area contributed by atoms with Crippen LogP contribution in [0.3, 0.4) is 0 Å². The van der Waals surface area contributed by atoms with Crippen LogP contribution in [0.25, 0.3) is 11.4 Å². The van der Waals surface area contributed by atoms with Gasteiger partial charge < -0.3 is 14.7 Å². The number of piperidine rings is 1. The Labute approximate surface area is 230 Å². The number of hydrogen-bond donors (Lipinski definition) is 1. The van der Waals surface area contributed by atoms with Gasteiger partial charge in [0, 0.05) is 31.1 Å². The van der Waals surface area contributed by atoms with Gasteiger partial charge in [0.2, 0.25) is 17.6 Å². The zero-order chi connectivity index (χ0) is 27.9. The maximum Gasteiger partial charge on any atom is 0.253 e. The molecule has 6 rings (SSSR count). The Kier molecular flexibility index (Phi) is 6.44. The minimum absolute atomic E-state index is 0.131. The maximum atomic E-state index is 14.0. The number of halogens is 2. The largest absolute Gasteiger partial charge is 0.346 e. The predicted molar refractivity (Wildman–Crippen MR) is 143 cm³/mol. The molecule has 0 atom stereocenters. The molecule has 2 heterocycles. The van der Waals surface area contributed by atoms with Crippen molar-refractivity contribution < 1.29 is 22.9 Å². The Bertz CT molecular complexity index is 1540. The number of likely N-dealkylation sites (tertiary alicyclic amines) is 1. The van der Waals surface area contributed by atoms with Crippen molar-refractivity contribution in [3.63, 3.8) is 0 Å². The SMILES string of the molecule is Cc1nc(-c2ccc(C(=O)N3CCC(C(=O)NC4(c5ccc(F)cc5)CC4)(c4ccc(F)cc4)CC3)cc2)no1. The van der Waals surface area contributed by atoms with E-state index in [2.05, 4.69) is 15.5 Å². The van der Waals surface area contributed by atoms with E-state index >= 15 is 0 Å². The molecular weight excluding hydrogens is 514 g/mol. The van der Waals surface area contributed by atoms with Crippen molar-refractivity contribution in [1.82, 2.24) is 20.4 Å². The fraction of sp³-hybridized carbons (Fsp3) is 0.290. The number of aromatic nitrogens is 2. The van der Waals surface area contributed by atoms with Crippen molar-refractivity contribution in [2.24, 2.45) is 0 Å². The van der Waals surface area contributed by atoms with E-state index in [1.807, 2.05) is 0 Å². The fourth-order valence-corrected chi connectivity index (χ4v) is 5.58. The second kappa shape index (κ2) is 9.97. The number of carbonyl (C=O) groups excluding carboxylic acids is 2. The minimum atomic E-state index is -0.930. The molecule has 2 amide bonds. The molecule has 1 aliphatic carbocycles. The molecule has 1 aliphatic heterocycles. The van der Waals surface area contributed by atoms with Gasteiger partial charge in [0.05, 0.1) is 11.0 Å². The summed E-state index contributed by atoms with van der Waals surface area (Å²) in [5, 5.41) is 7.16. The van der Waals surface area contributed by atoms with Crippen molar-refractivity contribution in [3.05, 3.63) is 107 Å². The average Bonchev–Trinajstić information content (AvgIpc) is 3.63. The molecule has 2 aliphatic rings. The second-order valence-electron chi connectivity index (χ2n) is 10.6. The molecule has 1 saturated heterocycles. The highest BCUT2D eigenvalue weighted by Gasteiger charge is 2.51. The van der Waals surface area contributed by atoms with Crippen LogP contribution < -0.4 is 5.32 Å². The lowest BCUT2D eigenvalue weighted by Crippen LogP contribution is -2.54. The monoisotopic (exact) mass is 542 g/mol. The summed E-state index contributed by atoms with van der Waals surface area (Å²) in [6.45, 7) is 2.43. The Morgan fingerprint density at radius 1 is 0.825 bits per heavy atom. The van der Waals surface area contributed by atoms with Gasteiger partial charge in [0.25, 0.3) is 5.91 Å². The topological polar surface area (TPSA) is 88.3 Å². The van der Waals surface area contributed by atoms with E-state index in [1.165, 1.54) is 24.3 Å². The van der Waals surface area contributed by atoms with Crippen LogP contribution in [0, 0.1) is 18.6 Å². The highest BCUT2D eigenvalue weighted by molar-refractivity contribution is 5.95. The number of amides is 2. The number of benzene rings is 3. The standard InChI is InChI=1S/C31H28F2N4O3/c1-20-34-27(36-40-20)21-2-4-22(5-3-21)28(38)37-18-16-30(17-19-37,23-6-10-25(32)11-7-23)29(39)35-31(14-15-31)24-8-12-26(33)13-9-24/h2-13H,14-19H2,1H3,(H,35,39). The Morgan fingerprint density at radius 2 is 1.40 bits per heavy atom. The van der Waals surface area contributed by atoms with Crippen LogP contribution in [0.5, 0.6) is 0 Å². The number of rotatable bonds is 6. The molecule has 1 saturated carbocycles. The molecule has 1 aromatic heterocycles. The van der Waals surface area contributed by atoms with Crippen LogP contribution in [0.1, 0.15) is 53.1 Å². The van der Waals surface area contributed by atoms with Gasteiger partial charge in [-0.3, -0.25) is 9.59 Å². The fourth-order valence-electron chi connectivity index (χ4n) is 5.58. The van der Waals surface area contributed by atoms with E-state index in [1.54, 1.807) is 60.4 Å². The molecule has 0 unspecified atom stereocenters. The maximum absolute atomic E-state index is 14.0. The van der Waals surface area contributed by atoms with E-state index in [0.717, 1.165) is 24.0 Å². The summed E-state index contributed by atoms with van der Waals surface area (Å²) in [6, 6.07) is 19.3. The van der Waals surface area contributed by atoms with E-state index in [4.69, 9.17) is 4.52 Å². The number of aryl methyl sites for hydroxylation is 1. The van der Waals surface area contributed by atoms with Gasteiger partial charge >= 0.3 is 0 Å². The summed E-state index contributed by atoms with van der Waals surface area (Å²) in [5.41, 5.74) is 1.38. The molecule has 1 N–H and O–H groups in total. The lowest BCUT2D eigenvalue weighted by molar-refractivity contribution is -0.129. The first-order valence-electron chi connectivity index (χ1n) is 13.3. The van der Waals surface area contributed by atoms with Gasteiger partial charge in [-0.2, -0.15) is 4.98 Å². The molecule has 7 nitrogen and oxygen atoms in total. The average molecular weight is 543 g/mol. The zero-order valence-corrected chi connectivity index (χ0v) is 22.0. The van der Waals surface area contributed by atoms with Crippen LogP contribution in [-0.2, 0) is 15.7 Å². The normalized spacial score (nSPS) is 17.3. The van der Waals surface area contributed by atoms with Crippen molar-refractivity contribution in [1.29, 1.82) is 0 Å². The molecule has 3 aromatic carbocycles. The lowest BCUT2D eigenvalue weighted by atomic mass is 9.71. The molecule has 4 aromatic rings. The zero-order valence-electron chi connectivity index (χ0n) is 22.0. The molecule has 9 heteroatoms. The van der Waals surface area contributed by atoms with Gasteiger partial charge in [-0.25, -0.2) is 8.78 Å². The van der Waals surface area contributed by atoms with E-state index in [-0.39, 0.29) is 23.4 Å². The molecule has 0 bridgehead atoms. The Morgan fingerprint density at radius 3 is 1.93 bits per heavy atom. The van der Waals surface area contributed by atoms with E-state index in [0.29, 0.717) is 48.8 Å². The first-order chi connectivity index (χ1) is 19.3. The first-order valence-corrected chi connectivity index (χ1v) is 13.3. The van der Waals surface area contributed by atoms with Gasteiger partial charge in [-0.05, 0) is 73.2 Å². The van der Waals surface area contributed by atoms with Gasteiger partial charge in [-0.15, -0.1) is 0 Å². The lowest BCUT2D eigenvalue weighted by Gasteiger charge is -2.42. The van der Waals surface area contributed by atoms with Gasteiger partial charge in [0.1, 0.15) is 11.6 Å². The van der Waals surface area contributed by atoms with Crippen LogP contribution in [0.2, 0.25) is 0 Å². The predicted octanol–water partition coefficient (Wildman–Crippen LogP) is 5.30. The molecule has 204 valence electrons. The third-order valence-electron chi connectivity index (χ3n) is 8.15. The van der Waals surface area contributed by atoms with Crippen molar-refractivity contribution in [3.8, 4) is 11.4 Å². The third kappa shape index (κ3) is 4.76. The first kappa shape index (κ1) is 25.9. The molecule has 0 spiro atoms. The smallest absolute Gasteiger partial charge is 0.253 e. The highest BCUT2D eigenvalue weighted by atomic mass is 19.1. The molecular formula is C31H28F2N4O3. The number of hydrogen-bond acceptors (Lipinski definition) is 5. The van der Waals surface area contributed by atoms with Crippen molar-refractivity contribution >= 4 is 11.8 Å². The minimum Gasteiger partial charge on any atom is -0.346 e. The summed E-state index contributed by atoms with van der Waals surface area (Å²) in [4.78, 5) is 33.3. The molecule has 2 fully saturated rings.